The van der Waals surface area contributed by atoms with Gasteiger partial charge in [-0.3, -0.25) is 0 Å². The maximum absolute atomic E-state index is 13.1. The molecular weight excluding hydrogens is 253 g/mol. The highest BCUT2D eigenvalue weighted by molar-refractivity contribution is 5.52. The van der Waals surface area contributed by atoms with Crippen LogP contribution in [-0.2, 0) is 12.7 Å². The van der Waals surface area contributed by atoms with Gasteiger partial charge in [-0.15, -0.1) is 0 Å². The van der Waals surface area contributed by atoms with Crippen LogP contribution in [0.2, 0.25) is 0 Å². The van der Waals surface area contributed by atoms with Crippen LogP contribution in [0.4, 0.5) is 18.9 Å². The third kappa shape index (κ3) is 3.86. The van der Waals surface area contributed by atoms with Crippen LogP contribution >= 0.6 is 0 Å². The molecule has 0 spiro atoms. The topological polar surface area (TPSA) is 15.3 Å². The molecule has 0 bridgehead atoms. The summed E-state index contributed by atoms with van der Waals surface area (Å²) in [6.07, 6.45) is -3.44. The molecule has 1 atom stereocenters. The lowest BCUT2D eigenvalue weighted by Gasteiger charge is -2.27. The number of hydrogen-bond acceptors (Lipinski definition) is 2. The summed E-state index contributed by atoms with van der Waals surface area (Å²) >= 11 is 0. The Bertz CT molecular complexity index is 416. The second-order valence-electron chi connectivity index (χ2n) is 4.74. The molecule has 0 aliphatic heterocycles. The van der Waals surface area contributed by atoms with Crippen molar-refractivity contribution in [3.63, 3.8) is 0 Å². The van der Waals surface area contributed by atoms with Crippen LogP contribution in [0.3, 0.4) is 0 Å². The fourth-order valence-corrected chi connectivity index (χ4v) is 1.92. The third-order valence-electron chi connectivity index (χ3n) is 3.43. The van der Waals surface area contributed by atoms with Crippen LogP contribution in [0.5, 0.6) is 0 Å². The van der Waals surface area contributed by atoms with E-state index in [1.54, 1.807) is 19.2 Å². The van der Waals surface area contributed by atoms with E-state index in [1.807, 2.05) is 25.8 Å². The van der Waals surface area contributed by atoms with Crippen LogP contribution in [0, 0.1) is 0 Å². The van der Waals surface area contributed by atoms with Gasteiger partial charge in [0.25, 0.3) is 0 Å². The molecule has 108 valence electrons. The number of nitrogens with one attached hydrogen (secondary N) is 1. The van der Waals surface area contributed by atoms with Gasteiger partial charge in [0, 0.05) is 25.3 Å². The van der Waals surface area contributed by atoms with E-state index in [2.05, 4.69) is 5.32 Å². The molecule has 1 aromatic carbocycles. The van der Waals surface area contributed by atoms with Gasteiger partial charge in [-0.2, -0.15) is 13.2 Å². The number of alkyl halides is 3. The van der Waals surface area contributed by atoms with Crippen LogP contribution in [0.15, 0.2) is 18.2 Å². The molecule has 1 aromatic rings. The molecule has 0 radical (unpaired) electrons. The maximum Gasteiger partial charge on any atom is 0.416 e. The summed E-state index contributed by atoms with van der Waals surface area (Å²) in [5.41, 5.74) is 0.312. The minimum atomic E-state index is -4.32. The second kappa shape index (κ2) is 6.28. The van der Waals surface area contributed by atoms with Crippen molar-refractivity contribution in [2.24, 2.45) is 0 Å². The van der Waals surface area contributed by atoms with E-state index in [1.165, 1.54) is 6.07 Å². The lowest BCUT2D eigenvalue weighted by Crippen LogP contribution is -2.28. The summed E-state index contributed by atoms with van der Waals surface area (Å²) in [7, 11) is 3.46. The van der Waals surface area contributed by atoms with E-state index in [0.29, 0.717) is 5.69 Å². The largest absolute Gasteiger partial charge is 0.416 e. The van der Waals surface area contributed by atoms with Gasteiger partial charge in [0.2, 0.25) is 0 Å². The number of anilines is 1. The monoisotopic (exact) mass is 274 g/mol. The lowest BCUT2D eigenvalue weighted by atomic mass is 10.0. The van der Waals surface area contributed by atoms with Crippen molar-refractivity contribution < 1.29 is 13.2 Å². The fourth-order valence-electron chi connectivity index (χ4n) is 1.92. The molecule has 19 heavy (non-hydrogen) atoms. The van der Waals surface area contributed by atoms with Gasteiger partial charge < -0.3 is 10.2 Å². The van der Waals surface area contributed by atoms with Crippen LogP contribution in [0.1, 0.15) is 31.4 Å². The highest BCUT2D eigenvalue weighted by Crippen LogP contribution is 2.34. The summed E-state index contributed by atoms with van der Waals surface area (Å²) in [6.45, 7) is 4.22. The van der Waals surface area contributed by atoms with Gasteiger partial charge in [-0.05, 0) is 38.1 Å². The predicted molar refractivity (Wildman–Crippen MR) is 72.4 cm³/mol. The van der Waals surface area contributed by atoms with Crippen LogP contribution in [-0.4, -0.2) is 20.1 Å². The fraction of sp³-hybridized carbons (Fsp3) is 0.571. The van der Waals surface area contributed by atoms with Gasteiger partial charge in [0.05, 0.1) is 5.56 Å². The average molecular weight is 274 g/mol. The summed E-state index contributed by atoms with van der Waals surface area (Å²) in [5, 5.41) is 2.77. The van der Waals surface area contributed by atoms with E-state index in [9.17, 15) is 13.2 Å². The number of halogens is 3. The van der Waals surface area contributed by atoms with Crippen molar-refractivity contribution >= 4 is 5.69 Å². The SMILES string of the molecule is CCC(C)N(C)c1ccc(CNC)c(C(F)(F)F)c1. The van der Waals surface area contributed by atoms with Crippen molar-refractivity contribution in [2.75, 3.05) is 19.0 Å². The predicted octanol–water partition coefficient (Wildman–Crippen LogP) is 3.66. The maximum atomic E-state index is 13.1. The first-order valence-corrected chi connectivity index (χ1v) is 6.38. The highest BCUT2D eigenvalue weighted by atomic mass is 19.4. The van der Waals surface area contributed by atoms with E-state index < -0.39 is 11.7 Å². The summed E-state index contributed by atoms with van der Waals surface area (Å²) in [5.74, 6) is 0. The average Bonchev–Trinajstić information content (AvgIpc) is 2.36. The normalized spacial score (nSPS) is 13.4. The Morgan fingerprint density at radius 3 is 2.42 bits per heavy atom. The highest BCUT2D eigenvalue weighted by Gasteiger charge is 2.33. The van der Waals surface area contributed by atoms with Gasteiger partial charge in [-0.1, -0.05) is 13.0 Å². The zero-order valence-electron chi connectivity index (χ0n) is 11.8. The second-order valence-corrected chi connectivity index (χ2v) is 4.74. The molecule has 0 saturated heterocycles. The molecule has 0 aromatic heterocycles. The van der Waals surface area contributed by atoms with Crippen LogP contribution in [0.25, 0.3) is 0 Å². The molecule has 0 heterocycles. The van der Waals surface area contributed by atoms with Gasteiger partial charge in [-0.25, -0.2) is 0 Å². The number of hydrogen-bond donors (Lipinski definition) is 1. The van der Waals surface area contributed by atoms with Crippen molar-refractivity contribution in [3.8, 4) is 0 Å². The first-order valence-electron chi connectivity index (χ1n) is 6.38. The molecule has 0 amide bonds. The van der Waals surface area contributed by atoms with Gasteiger partial charge in [0.1, 0.15) is 0 Å². The number of nitrogens with zero attached hydrogens (tertiary/aromatic N) is 1. The Hall–Kier alpha value is -1.23. The van der Waals surface area contributed by atoms with Crippen molar-refractivity contribution in [3.05, 3.63) is 29.3 Å². The summed E-state index contributed by atoms with van der Waals surface area (Å²) < 4.78 is 39.2. The van der Waals surface area contributed by atoms with E-state index >= 15 is 0 Å². The lowest BCUT2D eigenvalue weighted by molar-refractivity contribution is -0.138. The van der Waals surface area contributed by atoms with Crippen molar-refractivity contribution in [1.29, 1.82) is 0 Å². The molecule has 5 heteroatoms. The first kappa shape index (κ1) is 15.8. The molecule has 1 rings (SSSR count). The molecule has 2 nitrogen and oxygen atoms in total. The molecule has 0 fully saturated rings. The molecule has 1 N–H and O–H groups in total. The Morgan fingerprint density at radius 2 is 1.95 bits per heavy atom. The molecule has 0 aliphatic rings. The number of rotatable bonds is 5. The van der Waals surface area contributed by atoms with Gasteiger partial charge in [0.15, 0.2) is 0 Å². The number of benzene rings is 1. The van der Waals surface area contributed by atoms with E-state index in [4.69, 9.17) is 0 Å². The minimum absolute atomic E-state index is 0.205. The molecule has 0 aliphatic carbocycles. The quantitative estimate of drug-likeness (QED) is 0.881. The van der Waals surface area contributed by atoms with E-state index in [-0.39, 0.29) is 18.2 Å². The molecular formula is C14H21F3N2. The standard InChI is InChI=1S/C14H21F3N2/c1-5-10(2)19(4)12-7-6-11(9-18-3)13(8-12)14(15,16)17/h6-8,10,18H,5,9H2,1-4H3. The Labute approximate surface area is 112 Å². The Kier molecular flexibility index (Phi) is 5.23. The Balaban J connectivity index is 3.18. The summed E-state index contributed by atoms with van der Waals surface area (Å²) in [4.78, 5) is 1.87. The molecule has 0 saturated carbocycles. The zero-order valence-corrected chi connectivity index (χ0v) is 11.8. The molecule has 1 unspecified atom stereocenters. The Morgan fingerprint density at radius 1 is 1.32 bits per heavy atom. The third-order valence-corrected chi connectivity index (χ3v) is 3.43. The van der Waals surface area contributed by atoms with E-state index in [0.717, 1.165) is 6.42 Å². The summed E-state index contributed by atoms with van der Waals surface area (Å²) in [6, 6.07) is 4.73. The van der Waals surface area contributed by atoms with Gasteiger partial charge >= 0.3 is 6.18 Å². The van der Waals surface area contributed by atoms with Crippen molar-refractivity contribution in [1.82, 2.24) is 5.32 Å². The van der Waals surface area contributed by atoms with Crippen molar-refractivity contribution in [2.45, 2.75) is 39.0 Å². The smallest absolute Gasteiger partial charge is 0.372 e. The zero-order chi connectivity index (χ0) is 14.6. The minimum Gasteiger partial charge on any atom is -0.372 e. The first-order chi connectivity index (χ1) is 8.81. The van der Waals surface area contributed by atoms with Crippen LogP contribution < -0.4 is 10.2 Å².